The number of rotatable bonds is 5. The lowest BCUT2D eigenvalue weighted by atomic mass is 10.1. The Labute approximate surface area is 130 Å². The van der Waals surface area contributed by atoms with E-state index in [1.165, 1.54) is 5.56 Å². The molecule has 0 radical (unpaired) electrons. The number of para-hydroxylation sites is 1. The minimum absolute atomic E-state index is 0.100. The highest BCUT2D eigenvalue weighted by molar-refractivity contribution is 6.03. The highest BCUT2D eigenvalue weighted by Crippen LogP contribution is 2.15. The Morgan fingerprint density at radius 3 is 2.36 bits per heavy atom. The van der Waals surface area contributed by atoms with E-state index in [4.69, 9.17) is 0 Å². The lowest BCUT2D eigenvalue weighted by Crippen LogP contribution is -2.21. The van der Waals surface area contributed by atoms with Crippen LogP contribution in [-0.4, -0.2) is 18.9 Å². The summed E-state index contributed by atoms with van der Waals surface area (Å²) < 4.78 is 0. The van der Waals surface area contributed by atoms with Crippen molar-refractivity contribution < 1.29 is 9.59 Å². The van der Waals surface area contributed by atoms with Crippen LogP contribution in [0, 0.1) is 6.92 Å². The molecule has 4 heteroatoms. The van der Waals surface area contributed by atoms with Crippen molar-refractivity contribution in [1.82, 2.24) is 5.32 Å². The average Bonchev–Trinajstić information content (AvgIpc) is 2.54. The predicted molar refractivity (Wildman–Crippen MR) is 88.0 cm³/mol. The molecule has 0 aliphatic heterocycles. The molecule has 2 rings (SSSR count). The molecule has 0 atom stereocenters. The van der Waals surface area contributed by atoms with Crippen LogP contribution in [0.3, 0.4) is 0 Å². The van der Waals surface area contributed by atoms with Gasteiger partial charge in [-0.15, -0.1) is 0 Å². The Balaban J connectivity index is 1.97. The molecule has 114 valence electrons. The van der Waals surface area contributed by atoms with E-state index >= 15 is 0 Å². The molecule has 0 spiro atoms. The second-order valence-electron chi connectivity index (χ2n) is 5.16. The predicted octanol–water partition coefficient (Wildman–Crippen LogP) is 2.93. The highest BCUT2D eigenvalue weighted by Gasteiger charge is 2.11. The van der Waals surface area contributed by atoms with E-state index in [0.717, 1.165) is 5.56 Å². The first-order valence-electron chi connectivity index (χ1n) is 7.26. The van der Waals surface area contributed by atoms with Crippen molar-refractivity contribution in [1.29, 1.82) is 0 Å². The van der Waals surface area contributed by atoms with Gasteiger partial charge >= 0.3 is 0 Å². The molecular formula is C18H20N2O2. The molecule has 0 saturated carbocycles. The number of nitrogens with one attached hydrogen (secondary N) is 2. The van der Waals surface area contributed by atoms with Crippen molar-refractivity contribution in [2.45, 2.75) is 19.8 Å². The normalized spacial score (nSPS) is 10.1. The molecule has 0 heterocycles. The zero-order valence-electron chi connectivity index (χ0n) is 12.8. The van der Waals surface area contributed by atoms with E-state index < -0.39 is 0 Å². The topological polar surface area (TPSA) is 58.2 Å². The van der Waals surface area contributed by atoms with Crippen LogP contribution in [0.15, 0.2) is 48.5 Å². The minimum Gasteiger partial charge on any atom is -0.355 e. The van der Waals surface area contributed by atoms with E-state index in [9.17, 15) is 9.59 Å². The number of amides is 2. The van der Waals surface area contributed by atoms with Crippen molar-refractivity contribution >= 4 is 17.5 Å². The van der Waals surface area contributed by atoms with Gasteiger partial charge in [0.2, 0.25) is 5.91 Å². The van der Waals surface area contributed by atoms with E-state index in [2.05, 4.69) is 10.6 Å². The van der Waals surface area contributed by atoms with Crippen molar-refractivity contribution in [3.63, 3.8) is 0 Å². The second-order valence-corrected chi connectivity index (χ2v) is 5.16. The van der Waals surface area contributed by atoms with E-state index in [-0.39, 0.29) is 11.8 Å². The van der Waals surface area contributed by atoms with E-state index in [1.54, 1.807) is 31.3 Å². The van der Waals surface area contributed by atoms with Crippen molar-refractivity contribution in [2.75, 3.05) is 12.4 Å². The summed E-state index contributed by atoms with van der Waals surface area (Å²) in [4.78, 5) is 23.8. The van der Waals surface area contributed by atoms with Crippen LogP contribution in [0.4, 0.5) is 5.69 Å². The van der Waals surface area contributed by atoms with Crippen molar-refractivity contribution in [2.24, 2.45) is 0 Å². The number of hydrogen-bond donors (Lipinski definition) is 2. The number of hydrogen-bond acceptors (Lipinski definition) is 2. The van der Waals surface area contributed by atoms with Gasteiger partial charge in [0.1, 0.15) is 0 Å². The molecule has 22 heavy (non-hydrogen) atoms. The lowest BCUT2D eigenvalue weighted by molar-refractivity contribution is -0.116. The van der Waals surface area contributed by atoms with Gasteiger partial charge in [-0.3, -0.25) is 9.59 Å². The Kier molecular flexibility index (Phi) is 5.31. The number of aryl methyl sites for hydroxylation is 2. The van der Waals surface area contributed by atoms with Gasteiger partial charge in [0.05, 0.1) is 11.3 Å². The number of carbonyl (C=O) groups is 2. The third-order valence-corrected chi connectivity index (χ3v) is 3.43. The smallest absolute Gasteiger partial charge is 0.253 e. The van der Waals surface area contributed by atoms with Crippen LogP contribution < -0.4 is 10.6 Å². The molecule has 2 N–H and O–H groups in total. The summed E-state index contributed by atoms with van der Waals surface area (Å²) in [6.45, 7) is 2.03. The summed E-state index contributed by atoms with van der Waals surface area (Å²) in [5.74, 6) is -0.314. The molecule has 4 nitrogen and oxygen atoms in total. The average molecular weight is 296 g/mol. The van der Waals surface area contributed by atoms with Crippen LogP contribution in [0.25, 0.3) is 0 Å². The first-order chi connectivity index (χ1) is 10.6. The molecule has 0 unspecified atom stereocenters. The fraction of sp³-hybridized carbons (Fsp3) is 0.222. The molecule has 0 aliphatic carbocycles. The first-order valence-corrected chi connectivity index (χ1v) is 7.26. The highest BCUT2D eigenvalue weighted by atomic mass is 16.2. The van der Waals surface area contributed by atoms with Crippen molar-refractivity contribution in [3.05, 3.63) is 65.2 Å². The summed E-state index contributed by atoms with van der Waals surface area (Å²) in [6.07, 6.45) is 1.05. The number of carbonyl (C=O) groups excluding carboxylic acids is 2. The van der Waals surface area contributed by atoms with Gasteiger partial charge in [-0.25, -0.2) is 0 Å². The zero-order valence-corrected chi connectivity index (χ0v) is 12.8. The van der Waals surface area contributed by atoms with Gasteiger partial charge in [-0.05, 0) is 31.0 Å². The van der Waals surface area contributed by atoms with E-state index in [1.807, 2.05) is 31.2 Å². The third kappa shape index (κ3) is 4.19. The Morgan fingerprint density at radius 1 is 1.00 bits per heavy atom. The van der Waals surface area contributed by atoms with Crippen LogP contribution >= 0.6 is 0 Å². The SMILES string of the molecule is CNC(=O)c1ccccc1NC(=O)CCc1ccc(C)cc1. The van der Waals surface area contributed by atoms with Gasteiger partial charge in [-0.2, -0.15) is 0 Å². The van der Waals surface area contributed by atoms with Crippen LogP contribution in [0.2, 0.25) is 0 Å². The van der Waals surface area contributed by atoms with Gasteiger partial charge in [0, 0.05) is 13.5 Å². The molecule has 0 fully saturated rings. The van der Waals surface area contributed by atoms with E-state index in [0.29, 0.717) is 24.1 Å². The van der Waals surface area contributed by atoms with Crippen LogP contribution in [0.1, 0.15) is 27.9 Å². The summed E-state index contributed by atoms with van der Waals surface area (Å²) >= 11 is 0. The largest absolute Gasteiger partial charge is 0.355 e. The standard InChI is InChI=1S/C18H20N2O2/c1-13-7-9-14(10-8-13)11-12-17(21)20-16-6-4-3-5-15(16)18(22)19-2/h3-10H,11-12H2,1-2H3,(H,19,22)(H,20,21). The molecule has 2 aromatic carbocycles. The maximum absolute atomic E-state index is 12.1. The second kappa shape index (κ2) is 7.41. The Hall–Kier alpha value is -2.62. The van der Waals surface area contributed by atoms with Gasteiger partial charge in [0.25, 0.3) is 5.91 Å². The van der Waals surface area contributed by atoms with Gasteiger partial charge in [0.15, 0.2) is 0 Å². The fourth-order valence-electron chi connectivity index (χ4n) is 2.15. The molecule has 0 aromatic heterocycles. The number of anilines is 1. The maximum atomic E-state index is 12.1. The minimum atomic E-state index is -0.213. The summed E-state index contributed by atoms with van der Waals surface area (Å²) in [5, 5.41) is 5.38. The lowest BCUT2D eigenvalue weighted by Gasteiger charge is -2.10. The fourth-order valence-corrected chi connectivity index (χ4v) is 2.15. The van der Waals surface area contributed by atoms with Crippen molar-refractivity contribution in [3.8, 4) is 0 Å². The quantitative estimate of drug-likeness (QED) is 0.891. The Bertz CT molecular complexity index is 663. The molecule has 2 amide bonds. The maximum Gasteiger partial charge on any atom is 0.253 e. The molecule has 2 aromatic rings. The number of benzene rings is 2. The molecule has 0 aliphatic rings. The Morgan fingerprint density at radius 2 is 1.68 bits per heavy atom. The summed E-state index contributed by atoms with van der Waals surface area (Å²) in [7, 11) is 1.57. The van der Waals surface area contributed by atoms with Crippen LogP contribution in [0.5, 0.6) is 0 Å². The summed E-state index contributed by atoms with van der Waals surface area (Å²) in [5.41, 5.74) is 3.33. The monoisotopic (exact) mass is 296 g/mol. The molecule has 0 saturated heterocycles. The van der Waals surface area contributed by atoms with Gasteiger partial charge in [-0.1, -0.05) is 42.0 Å². The third-order valence-electron chi connectivity index (χ3n) is 3.43. The molecule has 0 bridgehead atoms. The zero-order chi connectivity index (χ0) is 15.9. The first kappa shape index (κ1) is 15.8. The van der Waals surface area contributed by atoms with Crippen LogP contribution in [-0.2, 0) is 11.2 Å². The molecular weight excluding hydrogens is 276 g/mol. The van der Waals surface area contributed by atoms with Gasteiger partial charge < -0.3 is 10.6 Å². The summed E-state index contributed by atoms with van der Waals surface area (Å²) in [6, 6.07) is 15.1.